The first-order valence-electron chi connectivity index (χ1n) is 5.35. The third kappa shape index (κ3) is 4.07. The quantitative estimate of drug-likeness (QED) is 0.688. The fourth-order valence-corrected chi connectivity index (χ4v) is 1.89. The Bertz CT molecular complexity index is 131. The molecule has 0 aromatic rings. The summed E-state index contributed by atoms with van der Waals surface area (Å²) in [5.41, 5.74) is 0. The van der Waals surface area contributed by atoms with Crippen LogP contribution in [0, 0.1) is 0 Å². The third-order valence-electron chi connectivity index (χ3n) is 2.53. The van der Waals surface area contributed by atoms with E-state index >= 15 is 0 Å². The largest absolute Gasteiger partial charge is 0.392 e. The second-order valence-electron chi connectivity index (χ2n) is 3.99. The van der Waals surface area contributed by atoms with Crippen LogP contribution in [0.15, 0.2) is 0 Å². The summed E-state index contributed by atoms with van der Waals surface area (Å²) in [5.74, 6) is 0. The van der Waals surface area contributed by atoms with Crippen molar-refractivity contribution in [3.05, 3.63) is 0 Å². The van der Waals surface area contributed by atoms with Crippen molar-refractivity contribution in [1.82, 2.24) is 9.80 Å². The monoisotopic (exact) mass is 186 g/mol. The van der Waals surface area contributed by atoms with E-state index in [-0.39, 0.29) is 6.10 Å². The molecule has 1 aliphatic rings. The number of β-amino-alcohol motifs (C(OH)–C–C–N with tert-alkyl or cyclic N) is 1. The second kappa shape index (κ2) is 5.58. The van der Waals surface area contributed by atoms with Gasteiger partial charge in [-0.1, -0.05) is 6.92 Å². The molecule has 0 radical (unpaired) electrons. The average Bonchev–Trinajstić information content (AvgIpc) is 2.08. The van der Waals surface area contributed by atoms with Crippen LogP contribution in [0.2, 0.25) is 0 Å². The van der Waals surface area contributed by atoms with Crippen molar-refractivity contribution in [2.45, 2.75) is 26.4 Å². The summed E-state index contributed by atoms with van der Waals surface area (Å²) in [5, 5.41) is 9.22. The minimum absolute atomic E-state index is 0.183. The Labute approximate surface area is 81.3 Å². The van der Waals surface area contributed by atoms with Crippen molar-refractivity contribution >= 4 is 0 Å². The van der Waals surface area contributed by atoms with Gasteiger partial charge in [0.15, 0.2) is 0 Å². The van der Waals surface area contributed by atoms with Gasteiger partial charge in [-0.15, -0.1) is 0 Å². The number of hydrogen-bond donors (Lipinski definition) is 1. The molecule has 1 saturated heterocycles. The van der Waals surface area contributed by atoms with Crippen LogP contribution in [0.25, 0.3) is 0 Å². The van der Waals surface area contributed by atoms with Crippen LogP contribution in [0.3, 0.4) is 0 Å². The van der Waals surface area contributed by atoms with Gasteiger partial charge < -0.3 is 10.0 Å². The maximum absolute atomic E-state index is 9.22. The second-order valence-corrected chi connectivity index (χ2v) is 3.99. The molecule has 0 spiro atoms. The molecule has 0 saturated carbocycles. The lowest BCUT2D eigenvalue weighted by atomic mass is 10.2. The van der Waals surface area contributed by atoms with Crippen LogP contribution in [0.1, 0.15) is 20.3 Å². The number of rotatable bonds is 4. The van der Waals surface area contributed by atoms with Gasteiger partial charge in [0.1, 0.15) is 0 Å². The number of nitrogens with zero attached hydrogens (tertiary/aromatic N) is 2. The molecule has 1 unspecified atom stereocenters. The van der Waals surface area contributed by atoms with E-state index in [1.807, 2.05) is 6.92 Å². The summed E-state index contributed by atoms with van der Waals surface area (Å²) in [6, 6.07) is 0. The average molecular weight is 186 g/mol. The normalized spacial score (nSPS) is 23.3. The summed E-state index contributed by atoms with van der Waals surface area (Å²) in [7, 11) is 0. The van der Waals surface area contributed by atoms with E-state index in [0.29, 0.717) is 0 Å². The van der Waals surface area contributed by atoms with Gasteiger partial charge in [0.05, 0.1) is 6.10 Å². The molecule has 78 valence electrons. The van der Waals surface area contributed by atoms with Crippen LogP contribution in [-0.2, 0) is 0 Å². The molecule has 0 bridgehead atoms. The van der Waals surface area contributed by atoms with Crippen molar-refractivity contribution in [3.63, 3.8) is 0 Å². The molecule has 1 aliphatic heterocycles. The first-order valence-corrected chi connectivity index (χ1v) is 5.35. The Morgan fingerprint density at radius 2 is 1.69 bits per heavy atom. The highest BCUT2D eigenvalue weighted by Gasteiger charge is 2.16. The fourth-order valence-electron chi connectivity index (χ4n) is 1.89. The molecule has 1 atom stereocenters. The first-order chi connectivity index (χ1) is 6.22. The number of piperazine rings is 1. The van der Waals surface area contributed by atoms with Crippen LogP contribution in [0.5, 0.6) is 0 Å². The van der Waals surface area contributed by atoms with Crippen molar-refractivity contribution < 1.29 is 5.11 Å². The van der Waals surface area contributed by atoms with Gasteiger partial charge in [0, 0.05) is 32.7 Å². The summed E-state index contributed by atoms with van der Waals surface area (Å²) in [4.78, 5) is 4.84. The van der Waals surface area contributed by atoms with E-state index in [2.05, 4.69) is 16.7 Å². The van der Waals surface area contributed by atoms with E-state index in [9.17, 15) is 5.11 Å². The first kappa shape index (κ1) is 11.0. The van der Waals surface area contributed by atoms with Gasteiger partial charge in [-0.05, 0) is 19.9 Å². The van der Waals surface area contributed by atoms with E-state index in [1.54, 1.807) is 0 Å². The lowest BCUT2D eigenvalue weighted by Gasteiger charge is -2.34. The molecule has 0 aliphatic carbocycles. The van der Waals surface area contributed by atoms with Crippen LogP contribution >= 0.6 is 0 Å². The van der Waals surface area contributed by atoms with Crippen LogP contribution in [-0.4, -0.2) is 60.3 Å². The molecule has 1 heterocycles. The van der Waals surface area contributed by atoms with Gasteiger partial charge in [-0.25, -0.2) is 0 Å². The minimum Gasteiger partial charge on any atom is -0.392 e. The summed E-state index contributed by atoms with van der Waals surface area (Å²) in [6.07, 6.45) is 1.06. The van der Waals surface area contributed by atoms with E-state index in [0.717, 1.165) is 19.6 Å². The molecule has 1 rings (SSSR count). The third-order valence-corrected chi connectivity index (χ3v) is 2.53. The predicted octanol–water partition coefficient (Wildman–Crippen LogP) is 0.395. The van der Waals surface area contributed by atoms with Crippen LogP contribution < -0.4 is 0 Å². The van der Waals surface area contributed by atoms with Crippen molar-refractivity contribution in [1.29, 1.82) is 0 Å². The Hall–Kier alpha value is -0.120. The highest BCUT2D eigenvalue weighted by atomic mass is 16.3. The molecule has 13 heavy (non-hydrogen) atoms. The number of aliphatic hydroxyl groups excluding tert-OH is 1. The zero-order valence-electron chi connectivity index (χ0n) is 8.87. The molecular weight excluding hydrogens is 164 g/mol. The van der Waals surface area contributed by atoms with Gasteiger partial charge in [-0.3, -0.25) is 4.90 Å². The molecule has 1 fully saturated rings. The lowest BCUT2D eigenvalue weighted by Crippen LogP contribution is -2.48. The highest BCUT2D eigenvalue weighted by Crippen LogP contribution is 2.02. The minimum atomic E-state index is -0.183. The number of aliphatic hydroxyl groups is 1. The fraction of sp³-hybridized carbons (Fsp3) is 1.00. The Kier molecular flexibility index (Phi) is 4.70. The lowest BCUT2D eigenvalue weighted by molar-refractivity contribution is 0.0809. The Morgan fingerprint density at radius 3 is 2.15 bits per heavy atom. The molecule has 0 aromatic heterocycles. The van der Waals surface area contributed by atoms with E-state index in [4.69, 9.17) is 0 Å². The van der Waals surface area contributed by atoms with Crippen molar-refractivity contribution in [2.75, 3.05) is 39.3 Å². The smallest absolute Gasteiger partial charge is 0.0639 e. The summed E-state index contributed by atoms with van der Waals surface area (Å²) in [6.45, 7) is 10.7. The maximum atomic E-state index is 9.22. The topological polar surface area (TPSA) is 26.7 Å². The van der Waals surface area contributed by atoms with Gasteiger partial charge in [-0.2, -0.15) is 0 Å². The molecule has 1 N–H and O–H groups in total. The van der Waals surface area contributed by atoms with Gasteiger partial charge in [0.25, 0.3) is 0 Å². The summed E-state index contributed by atoms with van der Waals surface area (Å²) >= 11 is 0. The maximum Gasteiger partial charge on any atom is 0.0639 e. The van der Waals surface area contributed by atoms with Crippen molar-refractivity contribution in [3.8, 4) is 0 Å². The SMILES string of the molecule is CCCN1CCN(CC(C)O)CC1. The Balaban J connectivity index is 2.15. The van der Waals surface area contributed by atoms with Crippen LogP contribution in [0.4, 0.5) is 0 Å². The molecular formula is C10H22N2O. The number of hydrogen-bond acceptors (Lipinski definition) is 3. The molecule has 3 heteroatoms. The molecule has 3 nitrogen and oxygen atoms in total. The van der Waals surface area contributed by atoms with Gasteiger partial charge >= 0.3 is 0 Å². The molecule has 0 aromatic carbocycles. The zero-order valence-corrected chi connectivity index (χ0v) is 8.87. The van der Waals surface area contributed by atoms with E-state index < -0.39 is 0 Å². The highest BCUT2D eigenvalue weighted by molar-refractivity contribution is 4.72. The van der Waals surface area contributed by atoms with Crippen molar-refractivity contribution in [2.24, 2.45) is 0 Å². The standard InChI is InChI=1S/C10H22N2O/c1-3-4-11-5-7-12(8-6-11)9-10(2)13/h10,13H,3-9H2,1-2H3. The summed E-state index contributed by atoms with van der Waals surface area (Å²) < 4.78 is 0. The predicted molar refractivity (Wildman–Crippen MR) is 54.9 cm³/mol. The molecule has 0 amide bonds. The zero-order chi connectivity index (χ0) is 9.68. The van der Waals surface area contributed by atoms with E-state index in [1.165, 1.54) is 26.1 Å². The van der Waals surface area contributed by atoms with Gasteiger partial charge in [0.2, 0.25) is 0 Å². The Morgan fingerprint density at radius 1 is 1.15 bits per heavy atom.